The second-order valence-corrected chi connectivity index (χ2v) is 8.20. The van der Waals surface area contributed by atoms with Crippen molar-refractivity contribution in [2.75, 3.05) is 6.61 Å². The standard InChI is InChI=1S/C25H25F3N2O/c26-25(27,28)14-17-3-4-18-9-10-29-16-24(18)23-8-6-19(13-21(23)12-17)20-5-7-22(30-15-20)2-1-11-31/h5-10,13,15-17,31H,1-4,11-12,14H2. The molecule has 1 atom stereocenters. The number of rotatable bonds is 5. The second kappa shape index (κ2) is 9.18. The maximum atomic E-state index is 13.2. The van der Waals surface area contributed by atoms with Crippen molar-refractivity contribution in [1.82, 2.24) is 9.97 Å². The summed E-state index contributed by atoms with van der Waals surface area (Å²) >= 11 is 0. The van der Waals surface area contributed by atoms with Gasteiger partial charge in [0.2, 0.25) is 0 Å². The number of hydrogen-bond acceptors (Lipinski definition) is 3. The number of benzene rings is 1. The molecule has 3 nitrogen and oxygen atoms in total. The monoisotopic (exact) mass is 426 g/mol. The number of aromatic nitrogens is 2. The van der Waals surface area contributed by atoms with Gasteiger partial charge < -0.3 is 5.11 Å². The predicted octanol–water partition coefficient (Wildman–Crippen LogP) is 5.79. The lowest BCUT2D eigenvalue weighted by atomic mass is 9.81. The molecule has 0 amide bonds. The third-order valence-corrected chi connectivity index (χ3v) is 5.91. The summed E-state index contributed by atoms with van der Waals surface area (Å²) in [5.41, 5.74) is 6.72. The van der Waals surface area contributed by atoms with Gasteiger partial charge in [-0.25, -0.2) is 0 Å². The van der Waals surface area contributed by atoms with E-state index in [1.165, 1.54) is 0 Å². The van der Waals surface area contributed by atoms with Gasteiger partial charge in [0.1, 0.15) is 0 Å². The van der Waals surface area contributed by atoms with Crippen LogP contribution in [0.3, 0.4) is 0 Å². The molecule has 6 heteroatoms. The first-order valence-electron chi connectivity index (χ1n) is 10.6. The van der Waals surface area contributed by atoms with Crippen LogP contribution in [0.2, 0.25) is 0 Å². The topological polar surface area (TPSA) is 46.0 Å². The van der Waals surface area contributed by atoms with Gasteiger partial charge in [-0.3, -0.25) is 9.97 Å². The fourth-order valence-corrected chi connectivity index (χ4v) is 4.37. The van der Waals surface area contributed by atoms with E-state index in [0.717, 1.165) is 39.1 Å². The van der Waals surface area contributed by atoms with Crippen molar-refractivity contribution in [2.24, 2.45) is 5.92 Å². The lowest BCUT2D eigenvalue weighted by Gasteiger charge is -2.25. The Hall–Kier alpha value is -2.73. The zero-order valence-electron chi connectivity index (χ0n) is 17.2. The molecule has 2 aromatic heterocycles. The highest BCUT2D eigenvalue weighted by Crippen LogP contribution is 2.38. The summed E-state index contributed by atoms with van der Waals surface area (Å²) < 4.78 is 39.5. The average Bonchev–Trinajstić information content (AvgIpc) is 2.74. The fourth-order valence-electron chi connectivity index (χ4n) is 4.37. The molecule has 0 saturated heterocycles. The number of alkyl halides is 3. The Bertz CT molecular complexity index is 1030. The molecular formula is C25H25F3N2O. The number of nitrogens with zero attached hydrogens (tertiary/aromatic N) is 2. The van der Waals surface area contributed by atoms with E-state index in [4.69, 9.17) is 5.11 Å². The minimum Gasteiger partial charge on any atom is -0.396 e. The zero-order chi connectivity index (χ0) is 21.8. The van der Waals surface area contributed by atoms with E-state index in [1.54, 1.807) is 12.4 Å². The molecule has 0 bridgehead atoms. The van der Waals surface area contributed by atoms with Crippen LogP contribution in [-0.2, 0) is 19.3 Å². The van der Waals surface area contributed by atoms with Gasteiger partial charge in [0, 0.05) is 48.4 Å². The van der Waals surface area contributed by atoms with E-state index in [0.29, 0.717) is 32.1 Å². The zero-order valence-corrected chi connectivity index (χ0v) is 17.2. The highest BCUT2D eigenvalue weighted by molar-refractivity contribution is 5.75. The Morgan fingerprint density at radius 1 is 0.968 bits per heavy atom. The number of hydrogen-bond donors (Lipinski definition) is 1. The van der Waals surface area contributed by atoms with Crippen LogP contribution in [-0.4, -0.2) is 27.9 Å². The van der Waals surface area contributed by atoms with Crippen LogP contribution in [0.1, 0.15) is 36.1 Å². The maximum Gasteiger partial charge on any atom is 0.389 e. The van der Waals surface area contributed by atoms with E-state index in [1.807, 2.05) is 42.6 Å². The first kappa shape index (κ1) is 21.5. The molecule has 0 saturated carbocycles. The minimum atomic E-state index is -4.17. The van der Waals surface area contributed by atoms with Crippen molar-refractivity contribution in [3.8, 4) is 22.3 Å². The van der Waals surface area contributed by atoms with Gasteiger partial charge >= 0.3 is 6.18 Å². The number of fused-ring (bicyclic) bond motifs is 3. The summed E-state index contributed by atoms with van der Waals surface area (Å²) in [5.74, 6) is -0.450. The molecule has 0 aliphatic heterocycles. The number of aryl methyl sites for hydroxylation is 2. The first-order valence-corrected chi connectivity index (χ1v) is 10.6. The molecule has 1 unspecified atom stereocenters. The Kier molecular flexibility index (Phi) is 6.37. The highest BCUT2D eigenvalue weighted by Gasteiger charge is 2.33. The van der Waals surface area contributed by atoms with Crippen molar-refractivity contribution in [3.05, 3.63) is 71.8 Å². The van der Waals surface area contributed by atoms with Crippen molar-refractivity contribution in [3.63, 3.8) is 0 Å². The summed E-state index contributed by atoms with van der Waals surface area (Å²) in [4.78, 5) is 8.72. The molecule has 4 rings (SSSR count). The van der Waals surface area contributed by atoms with Gasteiger partial charge in [-0.05, 0) is 72.4 Å². The lowest BCUT2D eigenvalue weighted by Crippen LogP contribution is -2.19. The number of pyridine rings is 2. The van der Waals surface area contributed by atoms with E-state index in [2.05, 4.69) is 9.97 Å². The van der Waals surface area contributed by atoms with Crippen LogP contribution in [0.5, 0.6) is 0 Å². The maximum absolute atomic E-state index is 13.2. The molecular weight excluding hydrogens is 401 g/mol. The molecule has 0 fully saturated rings. The Labute approximate surface area is 180 Å². The van der Waals surface area contributed by atoms with Gasteiger partial charge in [-0.1, -0.05) is 24.3 Å². The molecule has 1 aliphatic rings. The first-order chi connectivity index (χ1) is 14.9. The Morgan fingerprint density at radius 3 is 2.55 bits per heavy atom. The van der Waals surface area contributed by atoms with Gasteiger partial charge in [-0.2, -0.15) is 13.2 Å². The third-order valence-electron chi connectivity index (χ3n) is 5.91. The second-order valence-electron chi connectivity index (χ2n) is 8.20. The molecule has 162 valence electrons. The average molecular weight is 426 g/mol. The number of aliphatic hydroxyl groups is 1. The molecule has 31 heavy (non-hydrogen) atoms. The summed E-state index contributed by atoms with van der Waals surface area (Å²) in [6.07, 6.45) is 3.27. The van der Waals surface area contributed by atoms with Gasteiger partial charge in [0.25, 0.3) is 0 Å². The SMILES string of the molecule is OCCCc1ccc(-c2ccc3c(c2)CC(CC(F)(F)F)CCc2ccncc2-3)cn1. The van der Waals surface area contributed by atoms with E-state index >= 15 is 0 Å². The Morgan fingerprint density at radius 2 is 1.81 bits per heavy atom. The molecule has 1 aliphatic carbocycles. The molecule has 0 spiro atoms. The predicted molar refractivity (Wildman–Crippen MR) is 114 cm³/mol. The van der Waals surface area contributed by atoms with Crippen molar-refractivity contribution in [1.29, 1.82) is 0 Å². The van der Waals surface area contributed by atoms with E-state index in [-0.39, 0.29) is 6.61 Å². The fraction of sp³-hybridized carbons (Fsp3) is 0.360. The third kappa shape index (κ3) is 5.31. The van der Waals surface area contributed by atoms with Gasteiger partial charge in [0.15, 0.2) is 0 Å². The number of halogens is 3. The van der Waals surface area contributed by atoms with Crippen molar-refractivity contribution < 1.29 is 18.3 Å². The number of aliphatic hydroxyl groups excluding tert-OH is 1. The van der Waals surface area contributed by atoms with Gasteiger partial charge in [-0.15, -0.1) is 0 Å². The normalized spacial score (nSPS) is 16.2. The van der Waals surface area contributed by atoms with Crippen molar-refractivity contribution >= 4 is 0 Å². The van der Waals surface area contributed by atoms with Crippen LogP contribution in [0.25, 0.3) is 22.3 Å². The van der Waals surface area contributed by atoms with E-state index in [9.17, 15) is 13.2 Å². The molecule has 3 aromatic rings. The van der Waals surface area contributed by atoms with Crippen LogP contribution >= 0.6 is 0 Å². The van der Waals surface area contributed by atoms with Gasteiger partial charge in [0.05, 0.1) is 0 Å². The van der Waals surface area contributed by atoms with Crippen molar-refractivity contribution in [2.45, 2.75) is 44.7 Å². The van der Waals surface area contributed by atoms with Crippen LogP contribution in [0.4, 0.5) is 13.2 Å². The molecule has 1 aromatic carbocycles. The quantitative estimate of drug-likeness (QED) is 0.561. The molecule has 0 radical (unpaired) electrons. The highest BCUT2D eigenvalue weighted by atomic mass is 19.4. The summed E-state index contributed by atoms with van der Waals surface area (Å²) in [6, 6.07) is 11.8. The smallest absolute Gasteiger partial charge is 0.389 e. The summed E-state index contributed by atoms with van der Waals surface area (Å²) in [5, 5.41) is 8.97. The van der Waals surface area contributed by atoms with Crippen LogP contribution in [0, 0.1) is 5.92 Å². The lowest BCUT2D eigenvalue weighted by molar-refractivity contribution is -0.144. The van der Waals surface area contributed by atoms with Crippen LogP contribution in [0.15, 0.2) is 55.0 Å². The summed E-state index contributed by atoms with van der Waals surface area (Å²) in [7, 11) is 0. The Balaban J connectivity index is 1.70. The van der Waals surface area contributed by atoms with Crippen LogP contribution < -0.4 is 0 Å². The molecule has 2 heterocycles. The van der Waals surface area contributed by atoms with E-state index < -0.39 is 18.5 Å². The largest absolute Gasteiger partial charge is 0.396 e. The molecule has 1 N–H and O–H groups in total. The summed E-state index contributed by atoms with van der Waals surface area (Å²) in [6.45, 7) is 0.129. The minimum absolute atomic E-state index is 0.129.